The maximum atomic E-state index is 13.2. The van der Waals surface area contributed by atoms with Crippen molar-refractivity contribution < 1.29 is 9.53 Å². The molecule has 5 rings (SSSR count). The number of H-pyrrole nitrogens is 2. The van der Waals surface area contributed by atoms with E-state index in [1.54, 1.807) is 4.57 Å². The van der Waals surface area contributed by atoms with Crippen molar-refractivity contribution in [1.82, 2.24) is 19.9 Å². The molecule has 0 spiro atoms. The van der Waals surface area contributed by atoms with Gasteiger partial charge in [0.2, 0.25) is 5.91 Å². The quantitative estimate of drug-likeness (QED) is 0.215. The zero-order valence-electron chi connectivity index (χ0n) is 20.9. The average Bonchev–Trinajstić information content (AvgIpc) is 3.33. The van der Waals surface area contributed by atoms with Gasteiger partial charge in [0.15, 0.2) is 4.77 Å². The first-order valence-electron chi connectivity index (χ1n) is 13.0. The number of nitrogens with one attached hydrogen (secondary N) is 3. The van der Waals surface area contributed by atoms with Crippen LogP contribution in [0.5, 0.6) is 0 Å². The molecule has 194 valence electrons. The number of amides is 1. The second kappa shape index (κ2) is 11.7. The summed E-state index contributed by atoms with van der Waals surface area (Å²) in [6, 6.07) is 14.1. The number of rotatable bonds is 10. The Balaban J connectivity index is 1.09. The Hall–Kier alpha value is -3.43. The van der Waals surface area contributed by atoms with E-state index in [1.807, 2.05) is 36.5 Å². The summed E-state index contributed by atoms with van der Waals surface area (Å²) < 4.78 is 7.52. The number of anilines is 1. The standard InChI is InChI=1S/C28H33N5O3S/c34-26(29-12-11-20-19-30-24-7-4-3-6-22(20)24)8-2-1-5-13-33-27(35)23-18-21(32-14-16-36-17-15-32)9-10-25(23)31-28(33)37/h3-4,6-7,9-10,18-19,30H,1-2,5,8,11-17H2,(H,29,34)(H,31,37). The molecule has 3 heterocycles. The van der Waals surface area contributed by atoms with Gasteiger partial charge in [-0.3, -0.25) is 14.2 Å². The first-order valence-corrected chi connectivity index (χ1v) is 13.4. The molecule has 3 N–H and O–H groups in total. The smallest absolute Gasteiger partial charge is 0.262 e. The second-order valence-corrected chi connectivity index (χ2v) is 9.87. The van der Waals surface area contributed by atoms with Crippen molar-refractivity contribution in [2.45, 2.75) is 38.6 Å². The second-order valence-electron chi connectivity index (χ2n) is 9.49. The molecular formula is C28H33N5O3S. The number of hydrogen-bond donors (Lipinski definition) is 3. The lowest BCUT2D eigenvalue weighted by molar-refractivity contribution is -0.121. The molecule has 4 aromatic rings. The third-order valence-electron chi connectivity index (χ3n) is 7.02. The van der Waals surface area contributed by atoms with Crippen LogP contribution in [0.2, 0.25) is 0 Å². The van der Waals surface area contributed by atoms with E-state index < -0.39 is 0 Å². The molecule has 1 amide bonds. The number of hydrogen-bond acceptors (Lipinski definition) is 5. The molecule has 1 aliphatic heterocycles. The average molecular weight is 520 g/mol. The number of aromatic nitrogens is 3. The van der Waals surface area contributed by atoms with E-state index in [9.17, 15) is 9.59 Å². The van der Waals surface area contributed by atoms with Crippen molar-refractivity contribution in [2.24, 2.45) is 0 Å². The highest BCUT2D eigenvalue weighted by molar-refractivity contribution is 7.71. The third-order valence-corrected chi connectivity index (χ3v) is 7.34. The van der Waals surface area contributed by atoms with Crippen LogP contribution >= 0.6 is 12.2 Å². The molecule has 9 heteroatoms. The van der Waals surface area contributed by atoms with E-state index in [-0.39, 0.29) is 11.5 Å². The lowest BCUT2D eigenvalue weighted by Crippen LogP contribution is -2.36. The van der Waals surface area contributed by atoms with Crippen LogP contribution in [0.3, 0.4) is 0 Å². The van der Waals surface area contributed by atoms with Gasteiger partial charge < -0.3 is 24.9 Å². The van der Waals surface area contributed by atoms with Crippen LogP contribution in [0.15, 0.2) is 53.5 Å². The summed E-state index contributed by atoms with van der Waals surface area (Å²) in [5.41, 5.74) is 4.05. The number of benzene rings is 2. The molecule has 0 bridgehead atoms. The summed E-state index contributed by atoms with van der Waals surface area (Å²) in [6.45, 7) is 4.18. The van der Waals surface area contributed by atoms with E-state index in [2.05, 4.69) is 32.3 Å². The van der Waals surface area contributed by atoms with E-state index in [1.165, 1.54) is 10.9 Å². The molecule has 1 aliphatic rings. The number of morpholine rings is 1. The van der Waals surface area contributed by atoms with Gasteiger partial charge in [-0.25, -0.2) is 0 Å². The maximum absolute atomic E-state index is 13.2. The number of para-hydroxylation sites is 1. The van der Waals surface area contributed by atoms with Gasteiger partial charge in [-0.15, -0.1) is 0 Å². The molecule has 0 unspecified atom stereocenters. The number of nitrogens with zero attached hydrogens (tertiary/aromatic N) is 2. The Morgan fingerprint density at radius 1 is 1.03 bits per heavy atom. The maximum Gasteiger partial charge on any atom is 0.262 e. The van der Waals surface area contributed by atoms with Gasteiger partial charge in [-0.05, 0) is 61.3 Å². The highest BCUT2D eigenvalue weighted by Gasteiger charge is 2.14. The molecule has 2 aromatic carbocycles. The lowest BCUT2D eigenvalue weighted by Gasteiger charge is -2.29. The summed E-state index contributed by atoms with van der Waals surface area (Å²) in [6.07, 6.45) is 5.71. The summed E-state index contributed by atoms with van der Waals surface area (Å²) in [4.78, 5) is 34.2. The fraction of sp³-hybridized carbons (Fsp3) is 0.393. The highest BCUT2D eigenvalue weighted by atomic mass is 32.1. The minimum Gasteiger partial charge on any atom is -0.378 e. The minimum atomic E-state index is -0.0658. The Kier molecular flexibility index (Phi) is 8.01. The van der Waals surface area contributed by atoms with Crippen LogP contribution in [0.25, 0.3) is 21.8 Å². The number of carbonyl (C=O) groups is 1. The number of fused-ring (bicyclic) bond motifs is 2. The van der Waals surface area contributed by atoms with Crippen molar-refractivity contribution in [1.29, 1.82) is 0 Å². The molecule has 0 radical (unpaired) electrons. The lowest BCUT2D eigenvalue weighted by atomic mass is 10.1. The molecule has 0 atom stereocenters. The van der Waals surface area contributed by atoms with Crippen LogP contribution in [0.1, 0.15) is 31.2 Å². The molecule has 37 heavy (non-hydrogen) atoms. The molecule has 1 fully saturated rings. The largest absolute Gasteiger partial charge is 0.378 e. The summed E-state index contributed by atoms with van der Waals surface area (Å²) in [7, 11) is 0. The van der Waals surface area contributed by atoms with Gasteiger partial charge in [0, 0.05) is 55.4 Å². The van der Waals surface area contributed by atoms with E-state index in [0.717, 1.165) is 55.5 Å². The van der Waals surface area contributed by atoms with E-state index in [4.69, 9.17) is 17.0 Å². The molecule has 8 nitrogen and oxygen atoms in total. The van der Waals surface area contributed by atoms with Crippen molar-refractivity contribution in [3.8, 4) is 0 Å². The summed E-state index contributed by atoms with van der Waals surface area (Å²) in [5.74, 6) is 0.0654. The Bertz CT molecular complexity index is 1500. The summed E-state index contributed by atoms with van der Waals surface area (Å²) >= 11 is 5.47. The van der Waals surface area contributed by atoms with E-state index >= 15 is 0 Å². The predicted molar refractivity (Wildman–Crippen MR) is 150 cm³/mol. The Morgan fingerprint density at radius 3 is 2.73 bits per heavy atom. The first-order chi connectivity index (χ1) is 18.1. The van der Waals surface area contributed by atoms with Crippen LogP contribution in [0, 0.1) is 4.77 Å². The number of carbonyl (C=O) groups excluding carboxylic acids is 1. The van der Waals surface area contributed by atoms with Crippen LogP contribution in [-0.2, 0) is 22.5 Å². The van der Waals surface area contributed by atoms with Gasteiger partial charge in [0.05, 0.1) is 24.1 Å². The van der Waals surface area contributed by atoms with Gasteiger partial charge in [-0.2, -0.15) is 0 Å². The van der Waals surface area contributed by atoms with Crippen molar-refractivity contribution >= 4 is 45.6 Å². The SMILES string of the molecule is O=C(CCCCCn1c(=S)[nH]c2ccc(N3CCOCC3)cc2c1=O)NCCc1c[nH]c2ccccc12. The molecule has 1 saturated heterocycles. The Morgan fingerprint density at radius 2 is 1.86 bits per heavy atom. The monoisotopic (exact) mass is 519 g/mol. The minimum absolute atomic E-state index is 0.0654. The highest BCUT2D eigenvalue weighted by Crippen LogP contribution is 2.20. The molecule has 2 aromatic heterocycles. The molecule has 0 aliphatic carbocycles. The van der Waals surface area contributed by atoms with Gasteiger partial charge in [0.1, 0.15) is 0 Å². The van der Waals surface area contributed by atoms with Crippen LogP contribution in [-0.4, -0.2) is 53.3 Å². The van der Waals surface area contributed by atoms with Crippen molar-refractivity contribution in [3.05, 3.63) is 69.3 Å². The van der Waals surface area contributed by atoms with Crippen molar-refractivity contribution in [2.75, 3.05) is 37.7 Å². The topological polar surface area (TPSA) is 95.2 Å². The Labute approximate surface area is 220 Å². The van der Waals surface area contributed by atoms with Gasteiger partial charge >= 0.3 is 0 Å². The first kappa shape index (κ1) is 25.2. The van der Waals surface area contributed by atoms with Crippen molar-refractivity contribution in [3.63, 3.8) is 0 Å². The van der Waals surface area contributed by atoms with Gasteiger partial charge in [0.25, 0.3) is 5.56 Å². The van der Waals surface area contributed by atoms with E-state index in [0.29, 0.717) is 42.9 Å². The third kappa shape index (κ3) is 5.94. The number of ether oxygens (including phenoxy) is 1. The van der Waals surface area contributed by atoms with Crippen LogP contribution in [0.4, 0.5) is 5.69 Å². The molecular weight excluding hydrogens is 486 g/mol. The normalized spacial score (nSPS) is 13.9. The number of unbranched alkanes of at least 4 members (excludes halogenated alkanes) is 2. The summed E-state index contributed by atoms with van der Waals surface area (Å²) in [5, 5.41) is 4.87. The fourth-order valence-electron chi connectivity index (χ4n) is 4.96. The van der Waals surface area contributed by atoms with Gasteiger partial charge in [-0.1, -0.05) is 24.6 Å². The number of aromatic amines is 2. The fourth-order valence-corrected chi connectivity index (χ4v) is 5.24. The van der Waals surface area contributed by atoms with Crippen LogP contribution < -0.4 is 15.8 Å². The zero-order valence-corrected chi connectivity index (χ0v) is 21.7. The predicted octanol–water partition coefficient (Wildman–Crippen LogP) is 4.30. The zero-order chi connectivity index (χ0) is 25.6. The molecule has 0 saturated carbocycles.